The second-order valence-electron chi connectivity index (χ2n) is 4.96. The lowest BCUT2D eigenvalue weighted by molar-refractivity contribution is 0.404. The number of aromatic hydroxyl groups is 1. The van der Waals surface area contributed by atoms with Crippen molar-refractivity contribution in [3.8, 4) is 5.75 Å². The maximum atomic E-state index is 10.1. The fraction of sp³-hybridized carbons (Fsp3) is 0.500. The number of rotatable bonds is 2. The van der Waals surface area contributed by atoms with Gasteiger partial charge < -0.3 is 5.11 Å². The van der Waals surface area contributed by atoms with Gasteiger partial charge in [0.2, 0.25) is 0 Å². The summed E-state index contributed by atoms with van der Waals surface area (Å²) >= 11 is 0. The molecule has 0 atom stereocenters. The van der Waals surface area contributed by atoms with Crippen LogP contribution >= 0.6 is 0 Å². The van der Waals surface area contributed by atoms with Gasteiger partial charge in [-0.05, 0) is 11.5 Å². The molecule has 4 heteroatoms. The SMILES string of the molecule is CN(C)N=Nc1cccc(C(C)(C)C)c1O. The van der Waals surface area contributed by atoms with Crippen molar-refractivity contribution >= 4 is 5.69 Å². The van der Waals surface area contributed by atoms with Crippen molar-refractivity contribution in [2.45, 2.75) is 26.2 Å². The van der Waals surface area contributed by atoms with Crippen molar-refractivity contribution in [1.29, 1.82) is 0 Å². The quantitative estimate of drug-likeness (QED) is 0.615. The van der Waals surface area contributed by atoms with Crippen LogP contribution in [-0.2, 0) is 5.41 Å². The first-order chi connectivity index (χ1) is 7.32. The molecule has 16 heavy (non-hydrogen) atoms. The molecular weight excluding hydrogens is 202 g/mol. The van der Waals surface area contributed by atoms with Crippen LogP contribution in [0.15, 0.2) is 28.5 Å². The minimum atomic E-state index is -0.103. The Balaban J connectivity index is 3.14. The zero-order valence-electron chi connectivity index (χ0n) is 10.5. The van der Waals surface area contributed by atoms with E-state index in [0.29, 0.717) is 5.69 Å². The number of hydrogen-bond acceptors (Lipinski definition) is 3. The van der Waals surface area contributed by atoms with Crippen LogP contribution in [-0.4, -0.2) is 24.2 Å². The Bertz CT molecular complexity index is 392. The summed E-state index contributed by atoms with van der Waals surface area (Å²) in [5.74, 6) is 0.209. The average molecular weight is 221 g/mol. The summed E-state index contributed by atoms with van der Waals surface area (Å²) in [4.78, 5) is 0. The van der Waals surface area contributed by atoms with E-state index >= 15 is 0 Å². The van der Waals surface area contributed by atoms with Gasteiger partial charge in [0.1, 0.15) is 11.4 Å². The molecule has 0 aromatic heterocycles. The van der Waals surface area contributed by atoms with Gasteiger partial charge >= 0.3 is 0 Å². The number of benzene rings is 1. The topological polar surface area (TPSA) is 48.2 Å². The molecule has 0 fully saturated rings. The lowest BCUT2D eigenvalue weighted by Crippen LogP contribution is -2.11. The van der Waals surface area contributed by atoms with Crippen molar-refractivity contribution in [2.24, 2.45) is 10.3 Å². The Hall–Kier alpha value is -1.58. The molecule has 1 aromatic rings. The molecule has 0 unspecified atom stereocenters. The number of phenolic OH excluding ortho intramolecular Hbond substituents is 1. The highest BCUT2D eigenvalue weighted by Crippen LogP contribution is 2.37. The first-order valence-electron chi connectivity index (χ1n) is 5.24. The minimum Gasteiger partial charge on any atom is -0.505 e. The molecule has 88 valence electrons. The van der Waals surface area contributed by atoms with E-state index in [1.807, 2.05) is 12.1 Å². The van der Waals surface area contributed by atoms with E-state index in [0.717, 1.165) is 5.56 Å². The molecule has 0 aliphatic heterocycles. The lowest BCUT2D eigenvalue weighted by Gasteiger charge is -2.20. The summed E-state index contributed by atoms with van der Waals surface area (Å²) in [6.07, 6.45) is 0. The van der Waals surface area contributed by atoms with Gasteiger partial charge in [-0.3, -0.25) is 5.01 Å². The fourth-order valence-electron chi connectivity index (χ4n) is 1.35. The lowest BCUT2D eigenvalue weighted by atomic mass is 9.86. The van der Waals surface area contributed by atoms with Gasteiger partial charge in [0.15, 0.2) is 0 Å². The van der Waals surface area contributed by atoms with Crippen LogP contribution in [0.2, 0.25) is 0 Å². The van der Waals surface area contributed by atoms with Crippen molar-refractivity contribution in [2.75, 3.05) is 14.1 Å². The van der Waals surface area contributed by atoms with Gasteiger partial charge in [0.05, 0.1) is 0 Å². The van der Waals surface area contributed by atoms with E-state index < -0.39 is 0 Å². The van der Waals surface area contributed by atoms with E-state index in [4.69, 9.17) is 0 Å². The first-order valence-corrected chi connectivity index (χ1v) is 5.24. The normalized spacial score (nSPS) is 12.1. The van der Waals surface area contributed by atoms with Crippen molar-refractivity contribution in [1.82, 2.24) is 5.01 Å². The molecule has 4 nitrogen and oxygen atoms in total. The third kappa shape index (κ3) is 2.95. The van der Waals surface area contributed by atoms with Crippen LogP contribution in [0.1, 0.15) is 26.3 Å². The smallest absolute Gasteiger partial charge is 0.146 e. The van der Waals surface area contributed by atoms with Crippen LogP contribution in [0.5, 0.6) is 5.75 Å². The third-order valence-electron chi connectivity index (χ3n) is 2.15. The summed E-state index contributed by atoms with van der Waals surface area (Å²) in [7, 11) is 3.57. The molecule has 0 aliphatic rings. The van der Waals surface area contributed by atoms with Gasteiger partial charge in [-0.2, -0.15) is 0 Å². The summed E-state index contributed by atoms with van der Waals surface area (Å²) in [5.41, 5.74) is 1.28. The summed E-state index contributed by atoms with van der Waals surface area (Å²) in [6.45, 7) is 6.15. The molecule has 0 radical (unpaired) electrons. The van der Waals surface area contributed by atoms with Crippen LogP contribution in [0.25, 0.3) is 0 Å². The maximum Gasteiger partial charge on any atom is 0.146 e. The molecule has 1 N–H and O–H groups in total. The predicted molar refractivity (Wildman–Crippen MR) is 65.0 cm³/mol. The number of nitrogens with zero attached hydrogens (tertiary/aromatic N) is 3. The van der Waals surface area contributed by atoms with Crippen molar-refractivity contribution in [3.63, 3.8) is 0 Å². The maximum absolute atomic E-state index is 10.1. The monoisotopic (exact) mass is 221 g/mol. The van der Waals surface area contributed by atoms with Gasteiger partial charge in [0, 0.05) is 19.7 Å². The molecule has 0 amide bonds. The molecule has 1 aromatic carbocycles. The minimum absolute atomic E-state index is 0.103. The first kappa shape index (κ1) is 12.5. The summed E-state index contributed by atoms with van der Waals surface area (Å²) < 4.78 is 0. The molecule has 0 heterocycles. The van der Waals surface area contributed by atoms with Crippen LogP contribution < -0.4 is 0 Å². The molecular formula is C12H19N3O. The Morgan fingerprint density at radius 1 is 1.19 bits per heavy atom. The van der Waals surface area contributed by atoms with Gasteiger partial charge in [-0.15, -0.1) is 5.11 Å². The van der Waals surface area contributed by atoms with Crippen molar-refractivity contribution in [3.05, 3.63) is 23.8 Å². The average Bonchev–Trinajstić information content (AvgIpc) is 2.14. The number of para-hydroxylation sites is 1. The molecule has 1 rings (SSSR count). The Kier molecular flexibility index (Phi) is 3.52. The second kappa shape index (κ2) is 4.51. The van der Waals surface area contributed by atoms with E-state index in [1.165, 1.54) is 0 Å². The molecule has 0 saturated heterocycles. The summed E-state index contributed by atoms with van der Waals surface area (Å²) in [5, 5.41) is 19.5. The molecule has 0 bridgehead atoms. The van der Waals surface area contributed by atoms with Crippen LogP contribution in [0.3, 0.4) is 0 Å². The highest BCUT2D eigenvalue weighted by molar-refractivity contribution is 5.56. The third-order valence-corrected chi connectivity index (χ3v) is 2.15. The Morgan fingerprint density at radius 3 is 2.31 bits per heavy atom. The van der Waals surface area contributed by atoms with Crippen LogP contribution in [0, 0.1) is 0 Å². The zero-order valence-corrected chi connectivity index (χ0v) is 10.5. The van der Waals surface area contributed by atoms with E-state index in [9.17, 15) is 5.11 Å². The standard InChI is InChI=1S/C12H19N3O/c1-12(2,3)9-7-6-8-10(11(9)16)13-14-15(4)5/h6-8,16H,1-5H3. The molecule has 0 aliphatic carbocycles. The van der Waals surface area contributed by atoms with Gasteiger partial charge in [-0.1, -0.05) is 38.1 Å². The number of phenols is 1. The predicted octanol–water partition coefficient (Wildman–Crippen LogP) is 3.25. The largest absolute Gasteiger partial charge is 0.505 e. The highest BCUT2D eigenvalue weighted by atomic mass is 16.3. The van der Waals surface area contributed by atoms with Crippen molar-refractivity contribution < 1.29 is 5.11 Å². The molecule has 0 spiro atoms. The zero-order chi connectivity index (χ0) is 12.3. The van der Waals surface area contributed by atoms with E-state index in [1.54, 1.807) is 25.2 Å². The highest BCUT2D eigenvalue weighted by Gasteiger charge is 2.19. The Labute approximate surface area is 96.6 Å². The second-order valence-corrected chi connectivity index (χ2v) is 4.96. The van der Waals surface area contributed by atoms with Gasteiger partial charge in [0.25, 0.3) is 0 Å². The van der Waals surface area contributed by atoms with Gasteiger partial charge in [-0.25, -0.2) is 0 Å². The number of hydrogen-bond donors (Lipinski definition) is 1. The molecule has 0 saturated carbocycles. The Morgan fingerprint density at radius 2 is 1.81 bits per heavy atom. The summed E-state index contributed by atoms with van der Waals surface area (Å²) in [6, 6.07) is 5.53. The van der Waals surface area contributed by atoms with Crippen LogP contribution in [0.4, 0.5) is 5.69 Å². The van der Waals surface area contributed by atoms with E-state index in [-0.39, 0.29) is 11.2 Å². The fourth-order valence-corrected chi connectivity index (χ4v) is 1.35. The van der Waals surface area contributed by atoms with E-state index in [2.05, 4.69) is 31.1 Å².